The third kappa shape index (κ3) is 7.91. The Balaban J connectivity index is 1.07. The Morgan fingerprint density at radius 2 is 1.78 bits per heavy atom. The molecule has 5 amide bonds. The molecule has 8 rings (SSSR count). The van der Waals surface area contributed by atoms with Crippen LogP contribution in [0.2, 0.25) is 5.02 Å². The Hall–Kier alpha value is -6.80. The van der Waals surface area contributed by atoms with Gasteiger partial charge in [0.05, 0.1) is 30.3 Å². The van der Waals surface area contributed by atoms with Gasteiger partial charge >= 0.3 is 6.03 Å². The number of likely N-dealkylation sites (tertiary alicyclic amines) is 1. The first-order valence-corrected chi connectivity index (χ1v) is 19.7. The van der Waals surface area contributed by atoms with Gasteiger partial charge in [-0.25, -0.2) is 9.78 Å². The van der Waals surface area contributed by atoms with Crippen LogP contribution >= 0.6 is 11.6 Å². The number of carbonyl (C=O) groups is 4. The minimum absolute atomic E-state index is 0.0221. The first-order valence-electron chi connectivity index (χ1n) is 19.3. The number of nitrogens with one attached hydrogen (secondary N) is 3. The third-order valence-electron chi connectivity index (χ3n) is 11.3. The van der Waals surface area contributed by atoms with Crippen molar-refractivity contribution in [3.8, 4) is 0 Å². The van der Waals surface area contributed by atoms with Gasteiger partial charge in [-0.2, -0.15) is 4.98 Å². The lowest BCUT2D eigenvalue weighted by Gasteiger charge is -2.35. The Labute approximate surface area is 345 Å². The van der Waals surface area contributed by atoms with Crippen LogP contribution in [-0.4, -0.2) is 68.2 Å². The van der Waals surface area contributed by atoms with Gasteiger partial charge in [0.25, 0.3) is 5.91 Å². The minimum atomic E-state index is -0.949. The fourth-order valence-corrected chi connectivity index (χ4v) is 8.24. The van der Waals surface area contributed by atoms with Crippen molar-refractivity contribution in [1.82, 2.24) is 30.2 Å². The summed E-state index contributed by atoms with van der Waals surface area (Å²) in [5.74, 6) is -2.47. The summed E-state index contributed by atoms with van der Waals surface area (Å²) in [5, 5.41) is 7.71. The molecular weight excluding hydrogens is 768 g/mol. The lowest BCUT2D eigenvalue weighted by atomic mass is 9.86. The maximum atomic E-state index is 14.8. The van der Waals surface area contributed by atoms with Gasteiger partial charge in [-0.05, 0) is 85.8 Å². The molecule has 0 spiro atoms. The van der Waals surface area contributed by atoms with Gasteiger partial charge in [0, 0.05) is 77.0 Å². The first-order chi connectivity index (χ1) is 28.4. The van der Waals surface area contributed by atoms with Crippen molar-refractivity contribution in [1.29, 1.82) is 0 Å². The second kappa shape index (κ2) is 16.2. The number of benzene rings is 3. The number of pyridine rings is 1. The van der Waals surface area contributed by atoms with E-state index >= 15 is 0 Å². The standard InChI is InChI=1S/C44H43ClN10O4/c1-25-8-12-28(18-37(25)55-23-30-21-50-43(52-40(30)53(3)44(55)59)51-32-16-9-26(2)47-22-32)42(58)54-24-34(41(57)49-19-27-10-14-31(45)15-11-27)38(39(46)56)36(54)17-13-29-20-48-35-7-5-4-6-33(29)35/h4-12,14-16,18,20-22,34,36,38,48H,13,17,19,23-24H2,1-3H3,(H2,46,56)(H,49,57)(H,50,51,52). The van der Waals surface area contributed by atoms with E-state index in [4.69, 9.17) is 17.3 Å². The van der Waals surface area contributed by atoms with E-state index in [2.05, 4.69) is 30.6 Å². The quantitative estimate of drug-likeness (QED) is 0.115. The number of carbonyl (C=O) groups excluding carboxylic acids is 4. The number of halogens is 1. The molecule has 0 aliphatic carbocycles. The first kappa shape index (κ1) is 39.0. The van der Waals surface area contributed by atoms with Crippen molar-refractivity contribution >= 4 is 69.4 Å². The topological polar surface area (TPSA) is 183 Å². The molecule has 15 heteroatoms. The van der Waals surface area contributed by atoms with Crippen LogP contribution in [-0.2, 0) is 29.1 Å². The van der Waals surface area contributed by atoms with E-state index in [-0.39, 0.29) is 37.5 Å². The molecule has 14 nitrogen and oxygen atoms in total. The molecule has 0 saturated carbocycles. The van der Waals surface area contributed by atoms with Crippen LogP contribution < -0.4 is 26.2 Å². The highest BCUT2D eigenvalue weighted by Gasteiger charge is 2.50. The van der Waals surface area contributed by atoms with Gasteiger partial charge in [0.2, 0.25) is 17.8 Å². The molecular formula is C44H43ClN10O4. The van der Waals surface area contributed by atoms with Crippen LogP contribution in [0.25, 0.3) is 10.9 Å². The Morgan fingerprint density at radius 3 is 2.54 bits per heavy atom. The third-order valence-corrected chi connectivity index (χ3v) is 11.5. The smallest absolute Gasteiger partial charge is 0.330 e. The van der Waals surface area contributed by atoms with E-state index in [0.717, 1.165) is 33.3 Å². The number of para-hydroxylation sites is 1. The summed E-state index contributed by atoms with van der Waals surface area (Å²) < 4.78 is 0. The van der Waals surface area contributed by atoms with Gasteiger partial charge in [-0.1, -0.05) is 48.0 Å². The average molecular weight is 811 g/mol. The highest BCUT2D eigenvalue weighted by molar-refractivity contribution is 6.30. The zero-order chi connectivity index (χ0) is 41.4. The van der Waals surface area contributed by atoms with Gasteiger partial charge in [0.1, 0.15) is 5.82 Å². The molecule has 0 bridgehead atoms. The summed E-state index contributed by atoms with van der Waals surface area (Å²) in [5.41, 5.74) is 12.8. The number of aryl methyl sites for hydroxylation is 3. The monoisotopic (exact) mass is 810 g/mol. The van der Waals surface area contributed by atoms with E-state index in [0.29, 0.717) is 52.1 Å². The van der Waals surface area contributed by atoms with Crippen LogP contribution in [0.1, 0.15) is 44.7 Å². The SMILES string of the molecule is Cc1ccc(Nc2ncc3c(n2)N(C)C(=O)N(c2cc(C(=O)N4CC(C(=O)NCc5ccc(Cl)cc5)C(C(N)=O)C4CCc4c[nH]c5ccccc45)ccc2C)C3)cn1. The Morgan fingerprint density at radius 1 is 0.983 bits per heavy atom. The fraction of sp³-hybridized carbons (Fsp3) is 0.250. The number of hydrogen-bond acceptors (Lipinski definition) is 8. The molecule has 1 saturated heterocycles. The molecule has 5 heterocycles. The van der Waals surface area contributed by atoms with E-state index in [1.807, 2.05) is 68.6 Å². The van der Waals surface area contributed by atoms with Crippen molar-refractivity contribution < 1.29 is 19.2 Å². The van der Waals surface area contributed by atoms with Crippen molar-refractivity contribution in [2.75, 3.05) is 28.7 Å². The van der Waals surface area contributed by atoms with Crippen molar-refractivity contribution in [2.24, 2.45) is 17.6 Å². The second-order valence-electron chi connectivity index (χ2n) is 15.1. The number of primary amides is 1. The van der Waals surface area contributed by atoms with Gasteiger partial charge in [-0.15, -0.1) is 0 Å². The summed E-state index contributed by atoms with van der Waals surface area (Å²) in [6, 6.07) is 22.9. The van der Waals surface area contributed by atoms with E-state index in [1.165, 1.54) is 4.90 Å². The van der Waals surface area contributed by atoms with Crippen molar-refractivity contribution in [2.45, 2.75) is 45.8 Å². The number of amides is 5. The second-order valence-corrected chi connectivity index (χ2v) is 15.5. The van der Waals surface area contributed by atoms with Gasteiger partial charge in [0.15, 0.2) is 0 Å². The molecule has 6 aromatic rings. The van der Waals surface area contributed by atoms with Gasteiger partial charge in [-0.3, -0.25) is 29.2 Å². The maximum Gasteiger partial charge on any atom is 0.330 e. The summed E-state index contributed by atoms with van der Waals surface area (Å²) >= 11 is 6.06. The molecule has 3 aromatic heterocycles. The Kier molecular flexibility index (Phi) is 10.7. The summed E-state index contributed by atoms with van der Waals surface area (Å²) in [4.78, 5) is 77.4. The molecule has 300 valence electrons. The lowest BCUT2D eigenvalue weighted by molar-refractivity contribution is -0.132. The van der Waals surface area contributed by atoms with Crippen molar-refractivity contribution in [3.63, 3.8) is 0 Å². The van der Waals surface area contributed by atoms with Crippen LogP contribution in [0.5, 0.6) is 0 Å². The molecule has 59 heavy (non-hydrogen) atoms. The minimum Gasteiger partial charge on any atom is -0.369 e. The molecule has 3 aromatic carbocycles. The number of urea groups is 1. The predicted octanol–water partition coefficient (Wildman–Crippen LogP) is 6.43. The number of fused-ring (bicyclic) bond motifs is 2. The predicted molar refractivity (Wildman–Crippen MR) is 226 cm³/mol. The number of nitrogens with two attached hydrogens (primary N) is 1. The summed E-state index contributed by atoms with van der Waals surface area (Å²) in [7, 11) is 1.65. The van der Waals surface area contributed by atoms with Crippen LogP contribution in [0, 0.1) is 25.7 Å². The number of aromatic amines is 1. The summed E-state index contributed by atoms with van der Waals surface area (Å²) in [6.07, 6.45) is 6.20. The van der Waals surface area contributed by atoms with Crippen LogP contribution in [0.4, 0.5) is 27.9 Å². The number of anilines is 4. The maximum absolute atomic E-state index is 14.8. The number of aromatic nitrogens is 4. The van der Waals surface area contributed by atoms with Crippen LogP contribution in [0.3, 0.4) is 0 Å². The molecule has 0 radical (unpaired) electrons. The zero-order valence-corrected chi connectivity index (χ0v) is 33.5. The van der Waals surface area contributed by atoms with E-state index in [9.17, 15) is 19.2 Å². The number of nitrogens with zero attached hydrogens (tertiary/aromatic N) is 6. The van der Waals surface area contributed by atoms with E-state index in [1.54, 1.807) is 59.6 Å². The average Bonchev–Trinajstić information content (AvgIpc) is 3.84. The summed E-state index contributed by atoms with van der Waals surface area (Å²) in [6.45, 7) is 4.12. The molecule has 5 N–H and O–H groups in total. The van der Waals surface area contributed by atoms with Gasteiger partial charge < -0.3 is 26.3 Å². The number of rotatable bonds is 11. The zero-order valence-electron chi connectivity index (χ0n) is 32.8. The Bertz CT molecular complexity index is 2580. The molecule has 3 unspecified atom stereocenters. The van der Waals surface area contributed by atoms with Crippen molar-refractivity contribution in [3.05, 3.63) is 136 Å². The molecule has 2 aliphatic heterocycles. The highest BCUT2D eigenvalue weighted by Crippen LogP contribution is 2.37. The number of hydrogen-bond donors (Lipinski definition) is 4. The van der Waals surface area contributed by atoms with E-state index < -0.39 is 23.8 Å². The number of H-pyrrole nitrogens is 1. The lowest BCUT2D eigenvalue weighted by Crippen LogP contribution is -2.46. The molecule has 1 fully saturated rings. The van der Waals surface area contributed by atoms with Crippen LogP contribution in [0.15, 0.2) is 97.5 Å². The molecule has 2 aliphatic rings. The normalized spacial score (nSPS) is 17.6. The largest absolute Gasteiger partial charge is 0.369 e. The fourth-order valence-electron chi connectivity index (χ4n) is 8.12. The molecule has 3 atom stereocenters. The highest BCUT2D eigenvalue weighted by atomic mass is 35.5.